The third-order valence-corrected chi connectivity index (χ3v) is 4.53. The second kappa shape index (κ2) is 7.10. The molecule has 1 unspecified atom stereocenters. The lowest BCUT2D eigenvalue weighted by Crippen LogP contribution is -2.30. The van der Waals surface area contributed by atoms with Crippen molar-refractivity contribution in [3.05, 3.63) is 28.5 Å². The molecule has 1 N–H and O–H groups in total. The second-order valence-electron chi connectivity index (χ2n) is 5.73. The SMILES string of the molecule is Cc1nc(CN(C)C(=O)Nc2cnn(CC3CCCO3)c2)cs1. The molecule has 1 saturated heterocycles. The van der Waals surface area contributed by atoms with Gasteiger partial charge in [-0.25, -0.2) is 9.78 Å². The van der Waals surface area contributed by atoms with Crippen LogP contribution in [0.1, 0.15) is 23.5 Å². The molecule has 8 heteroatoms. The molecular weight excluding hydrogens is 314 g/mol. The highest BCUT2D eigenvalue weighted by atomic mass is 32.1. The van der Waals surface area contributed by atoms with Gasteiger partial charge in [-0.05, 0) is 19.8 Å². The van der Waals surface area contributed by atoms with Gasteiger partial charge in [0.15, 0.2) is 0 Å². The van der Waals surface area contributed by atoms with Gasteiger partial charge in [-0.15, -0.1) is 11.3 Å². The summed E-state index contributed by atoms with van der Waals surface area (Å²) in [7, 11) is 1.75. The number of hydrogen-bond acceptors (Lipinski definition) is 5. The van der Waals surface area contributed by atoms with Gasteiger partial charge in [0, 0.05) is 25.2 Å². The lowest BCUT2D eigenvalue weighted by Gasteiger charge is -2.16. The number of nitrogens with zero attached hydrogens (tertiary/aromatic N) is 4. The van der Waals surface area contributed by atoms with Gasteiger partial charge < -0.3 is 15.0 Å². The maximum absolute atomic E-state index is 12.2. The van der Waals surface area contributed by atoms with Crippen LogP contribution in [0.25, 0.3) is 0 Å². The molecule has 2 amide bonds. The number of rotatable bonds is 5. The third-order valence-electron chi connectivity index (χ3n) is 3.71. The molecule has 1 aliphatic rings. The van der Waals surface area contributed by atoms with Gasteiger partial charge in [-0.2, -0.15) is 5.10 Å². The second-order valence-corrected chi connectivity index (χ2v) is 6.79. The Morgan fingerprint density at radius 2 is 2.48 bits per heavy atom. The topological polar surface area (TPSA) is 72.3 Å². The summed E-state index contributed by atoms with van der Waals surface area (Å²) in [6.45, 7) is 4.00. The van der Waals surface area contributed by atoms with E-state index in [0.29, 0.717) is 12.2 Å². The average Bonchev–Trinajstić information content (AvgIpc) is 3.24. The van der Waals surface area contributed by atoms with Crippen LogP contribution in [-0.4, -0.2) is 45.5 Å². The van der Waals surface area contributed by atoms with Gasteiger partial charge in [0.2, 0.25) is 0 Å². The van der Waals surface area contributed by atoms with Crippen molar-refractivity contribution in [3.8, 4) is 0 Å². The largest absolute Gasteiger partial charge is 0.376 e. The van der Waals surface area contributed by atoms with Crippen LogP contribution in [0, 0.1) is 6.92 Å². The van der Waals surface area contributed by atoms with Crippen molar-refractivity contribution >= 4 is 23.1 Å². The summed E-state index contributed by atoms with van der Waals surface area (Å²) in [6, 6.07) is -0.174. The molecule has 23 heavy (non-hydrogen) atoms. The molecule has 0 aromatic carbocycles. The third kappa shape index (κ3) is 4.29. The molecule has 0 aliphatic carbocycles. The molecule has 2 aromatic heterocycles. The number of amides is 2. The molecule has 1 aliphatic heterocycles. The van der Waals surface area contributed by atoms with E-state index in [2.05, 4.69) is 15.4 Å². The van der Waals surface area contributed by atoms with Gasteiger partial charge in [0.25, 0.3) is 0 Å². The molecule has 124 valence electrons. The molecule has 0 spiro atoms. The normalized spacial score (nSPS) is 17.4. The Morgan fingerprint density at radius 1 is 1.61 bits per heavy atom. The molecule has 1 fully saturated rings. The van der Waals surface area contributed by atoms with Crippen molar-refractivity contribution in [1.29, 1.82) is 0 Å². The fourth-order valence-electron chi connectivity index (χ4n) is 2.54. The molecular formula is C15H21N5O2S. The predicted octanol–water partition coefficient (Wildman–Crippen LogP) is 2.49. The van der Waals surface area contributed by atoms with Crippen molar-refractivity contribution < 1.29 is 9.53 Å². The van der Waals surface area contributed by atoms with Crippen LogP contribution in [0.15, 0.2) is 17.8 Å². The van der Waals surface area contributed by atoms with E-state index in [1.54, 1.807) is 29.5 Å². The van der Waals surface area contributed by atoms with Crippen molar-refractivity contribution in [3.63, 3.8) is 0 Å². The summed E-state index contributed by atoms with van der Waals surface area (Å²) in [5.74, 6) is 0. The average molecular weight is 335 g/mol. The highest BCUT2D eigenvalue weighted by Gasteiger charge is 2.17. The number of anilines is 1. The monoisotopic (exact) mass is 335 g/mol. The Labute approximate surface area is 139 Å². The maximum atomic E-state index is 12.2. The van der Waals surface area contributed by atoms with Crippen LogP contribution in [-0.2, 0) is 17.8 Å². The molecule has 0 saturated carbocycles. The van der Waals surface area contributed by atoms with Crippen LogP contribution in [0.5, 0.6) is 0 Å². The first-order valence-electron chi connectivity index (χ1n) is 7.67. The lowest BCUT2D eigenvalue weighted by atomic mass is 10.2. The number of thiazole rings is 1. The first-order valence-corrected chi connectivity index (χ1v) is 8.55. The Balaban J connectivity index is 1.51. The van der Waals surface area contributed by atoms with Gasteiger partial charge in [0.1, 0.15) is 0 Å². The number of carbonyl (C=O) groups is 1. The number of aryl methyl sites for hydroxylation is 1. The van der Waals surface area contributed by atoms with E-state index in [0.717, 1.165) is 36.7 Å². The Kier molecular flexibility index (Phi) is 4.92. The van der Waals surface area contributed by atoms with E-state index in [-0.39, 0.29) is 12.1 Å². The summed E-state index contributed by atoms with van der Waals surface area (Å²) in [6.07, 6.45) is 5.90. The minimum atomic E-state index is -0.174. The van der Waals surface area contributed by atoms with Crippen LogP contribution >= 0.6 is 11.3 Å². The molecule has 0 radical (unpaired) electrons. The molecule has 2 aromatic rings. The highest BCUT2D eigenvalue weighted by Crippen LogP contribution is 2.15. The zero-order valence-corrected chi connectivity index (χ0v) is 14.2. The van der Waals surface area contributed by atoms with E-state index >= 15 is 0 Å². The van der Waals surface area contributed by atoms with Gasteiger partial charge in [-0.3, -0.25) is 4.68 Å². The minimum absolute atomic E-state index is 0.174. The Hall–Kier alpha value is -1.93. The minimum Gasteiger partial charge on any atom is -0.376 e. The summed E-state index contributed by atoms with van der Waals surface area (Å²) in [5.41, 5.74) is 1.59. The number of hydrogen-bond donors (Lipinski definition) is 1. The number of aromatic nitrogens is 3. The van der Waals surface area contributed by atoms with Crippen molar-refractivity contribution in [2.45, 2.75) is 39.0 Å². The van der Waals surface area contributed by atoms with Crippen LogP contribution in [0.2, 0.25) is 0 Å². The van der Waals surface area contributed by atoms with Crippen LogP contribution in [0.4, 0.5) is 10.5 Å². The number of carbonyl (C=O) groups excluding carboxylic acids is 1. The lowest BCUT2D eigenvalue weighted by molar-refractivity contribution is 0.0940. The first-order chi connectivity index (χ1) is 11.1. The smallest absolute Gasteiger partial charge is 0.322 e. The van der Waals surface area contributed by atoms with E-state index in [1.807, 2.05) is 23.2 Å². The zero-order chi connectivity index (χ0) is 16.2. The van der Waals surface area contributed by atoms with Crippen molar-refractivity contribution in [2.24, 2.45) is 0 Å². The summed E-state index contributed by atoms with van der Waals surface area (Å²) in [5, 5.41) is 10.1. The predicted molar refractivity (Wildman–Crippen MR) is 88.5 cm³/mol. The van der Waals surface area contributed by atoms with Gasteiger partial charge >= 0.3 is 6.03 Å². The fourth-order valence-corrected chi connectivity index (χ4v) is 3.14. The number of nitrogens with one attached hydrogen (secondary N) is 1. The highest BCUT2D eigenvalue weighted by molar-refractivity contribution is 7.09. The molecule has 0 bridgehead atoms. The molecule has 7 nitrogen and oxygen atoms in total. The summed E-state index contributed by atoms with van der Waals surface area (Å²) < 4.78 is 7.41. The van der Waals surface area contributed by atoms with E-state index in [4.69, 9.17) is 4.74 Å². The van der Waals surface area contributed by atoms with Gasteiger partial charge in [-0.1, -0.05) is 0 Å². The fraction of sp³-hybridized carbons (Fsp3) is 0.533. The summed E-state index contributed by atoms with van der Waals surface area (Å²) >= 11 is 1.59. The van der Waals surface area contributed by atoms with Crippen molar-refractivity contribution in [2.75, 3.05) is 19.0 Å². The number of urea groups is 1. The standard InChI is InChI=1S/C15H21N5O2S/c1-11-17-13(10-23-11)7-19(2)15(21)18-12-6-16-20(8-12)9-14-4-3-5-22-14/h6,8,10,14H,3-5,7,9H2,1-2H3,(H,18,21). The molecule has 3 heterocycles. The first kappa shape index (κ1) is 15.9. The molecule has 1 atom stereocenters. The van der Waals surface area contributed by atoms with Crippen molar-refractivity contribution in [1.82, 2.24) is 19.7 Å². The zero-order valence-electron chi connectivity index (χ0n) is 13.4. The number of ether oxygens (including phenoxy) is 1. The quantitative estimate of drug-likeness (QED) is 0.911. The van der Waals surface area contributed by atoms with Gasteiger partial charge in [0.05, 0.1) is 41.8 Å². The Bertz CT molecular complexity index is 662. The molecule has 3 rings (SSSR count). The van der Waals surface area contributed by atoms with E-state index in [1.165, 1.54) is 0 Å². The Morgan fingerprint density at radius 3 is 3.17 bits per heavy atom. The summed E-state index contributed by atoms with van der Waals surface area (Å²) in [4.78, 5) is 18.2. The maximum Gasteiger partial charge on any atom is 0.322 e. The van der Waals surface area contributed by atoms with Crippen LogP contribution in [0.3, 0.4) is 0 Å². The van der Waals surface area contributed by atoms with E-state index < -0.39 is 0 Å². The van der Waals surface area contributed by atoms with E-state index in [9.17, 15) is 4.79 Å². The van der Waals surface area contributed by atoms with Crippen LogP contribution < -0.4 is 5.32 Å².